The lowest BCUT2D eigenvalue weighted by molar-refractivity contribution is -0.111. The summed E-state index contributed by atoms with van der Waals surface area (Å²) >= 11 is 0. The monoisotopic (exact) mass is 441 g/mol. The van der Waals surface area contributed by atoms with Crippen LogP contribution >= 0.6 is 0 Å². The fraction of sp³-hybridized carbons (Fsp3) is 0.458. The number of furan rings is 1. The smallest absolute Gasteiger partial charge is 0.169 e. The molecule has 1 fully saturated rings. The first-order valence-corrected chi connectivity index (χ1v) is 10.8. The molecule has 0 radical (unpaired) electrons. The molecule has 1 aliphatic heterocycles. The summed E-state index contributed by atoms with van der Waals surface area (Å²) in [7, 11) is 3.33. The van der Waals surface area contributed by atoms with Gasteiger partial charge in [-0.3, -0.25) is 4.98 Å². The predicted octanol–water partition coefficient (Wildman–Crippen LogP) is 3.90. The average molecular weight is 442 g/mol. The number of halogens is 1. The summed E-state index contributed by atoms with van der Waals surface area (Å²) < 4.78 is 30.5. The fourth-order valence-electron chi connectivity index (χ4n) is 4.29. The first kappa shape index (κ1) is 22.4. The van der Waals surface area contributed by atoms with E-state index in [1.807, 2.05) is 6.07 Å². The zero-order chi connectivity index (χ0) is 22.5. The van der Waals surface area contributed by atoms with Gasteiger partial charge in [0.25, 0.3) is 0 Å². The molecule has 0 bridgehead atoms. The van der Waals surface area contributed by atoms with Gasteiger partial charge < -0.3 is 23.6 Å². The van der Waals surface area contributed by atoms with Gasteiger partial charge in [0.2, 0.25) is 0 Å². The van der Waals surface area contributed by atoms with Gasteiger partial charge in [0, 0.05) is 56.3 Å². The van der Waals surface area contributed by atoms with Crippen molar-refractivity contribution < 1.29 is 23.1 Å². The van der Waals surface area contributed by atoms with Gasteiger partial charge in [-0.2, -0.15) is 0 Å². The molecule has 4 rings (SSSR count). The van der Waals surface area contributed by atoms with Crippen LogP contribution in [0.5, 0.6) is 0 Å². The van der Waals surface area contributed by atoms with Crippen molar-refractivity contribution in [2.45, 2.75) is 19.3 Å². The Balaban J connectivity index is 1.72. The van der Waals surface area contributed by atoms with Crippen LogP contribution in [0.15, 0.2) is 35.1 Å². The predicted molar refractivity (Wildman–Crippen MR) is 119 cm³/mol. The molecule has 3 aromatic rings. The molecule has 0 N–H and O–H groups in total. The van der Waals surface area contributed by atoms with Crippen LogP contribution in [0.3, 0.4) is 0 Å². The number of carbonyl (C=O) groups excluding carboxylic acids is 1. The number of fused-ring (bicyclic) bond motifs is 1. The second kappa shape index (κ2) is 10.2. The van der Waals surface area contributed by atoms with Crippen LogP contribution in [0.4, 0.5) is 10.2 Å². The minimum absolute atomic E-state index is 0.0679. The number of hydrogen-bond acceptors (Lipinski definition) is 7. The molecule has 7 nitrogen and oxygen atoms in total. The zero-order valence-electron chi connectivity index (χ0n) is 18.4. The molecule has 0 atom stereocenters. The number of anilines is 1. The number of methoxy groups -OCH3 is 2. The van der Waals surface area contributed by atoms with Crippen LogP contribution in [0, 0.1) is 17.7 Å². The van der Waals surface area contributed by atoms with E-state index in [-0.39, 0.29) is 17.4 Å². The lowest BCUT2D eigenvalue weighted by Gasteiger charge is -2.32. The summed E-state index contributed by atoms with van der Waals surface area (Å²) in [6, 6.07) is 5.04. The number of ether oxygens (including phenoxy) is 2. The van der Waals surface area contributed by atoms with Crippen molar-refractivity contribution >= 4 is 23.1 Å². The highest BCUT2D eigenvalue weighted by Crippen LogP contribution is 2.33. The number of piperidine rings is 1. The van der Waals surface area contributed by atoms with E-state index in [9.17, 15) is 9.18 Å². The van der Waals surface area contributed by atoms with Gasteiger partial charge in [-0.15, -0.1) is 0 Å². The molecular weight excluding hydrogens is 413 g/mol. The number of nitrogens with zero attached hydrogens (tertiary/aromatic N) is 3. The minimum Gasteiger partial charge on any atom is -0.461 e. The SMILES string of the molecule is COCC(COC)Cc1cnc(-c2cc(F)c3occc3c2)c(N2CCC(C=O)CC2)n1. The highest BCUT2D eigenvalue weighted by Gasteiger charge is 2.24. The van der Waals surface area contributed by atoms with Crippen molar-refractivity contribution in [2.75, 3.05) is 45.4 Å². The van der Waals surface area contributed by atoms with Gasteiger partial charge in [-0.05, 0) is 37.5 Å². The Kier molecular flexibility index (Phi) is 7.12. The Labute approximate surface area is 186 Å². The normalized spacial score (nSPS) is 15.1. The molecule has 32 heavy (non-hydrogen) atoms. The number of aromatic nitrogens is 2. The summed E-state index contributed by atoms with van der Waals surface area (Å²) in [4.78, 5) is 23.0. The van der Waals surface area contributed by atoms with Crippen LogP contribution < -0.4 is 4.90 Å². The summed E-state index contributed by atoms with van der Waals surface area (Å²) in [5.41, 5.74) is 2.32. The van der Waals surface area contributed by atoms with Crippen LogP contribution in [-0.2, 0) is 20.7 Å². The quantitative estimate of drug-likeness (QED) is 0.466. The Hall–Kier alpha value is -2.84. The summed E-state index contributed by atoms with van der Waals surface area (Å²) in [6.45, 7) is 2.51. The van der Waals surface area contributed by atoms with Crippen LogP contribution in [0.1, 0.15) is 18.5 Å². The third-order valence-electron chi connectivity index (χ3n) is 5.92. The second-order valence-electron chi connectivity index (χ2n) is 8.27. The average Bonchev–Trinajstić information content (AvgIpc) is 3.29. The molecule has 1 saturated heterocycles. The number of rotatable bonds is 9. The van der Waals surface area contributed by atoms with Gasteiger partial charge in [-0.1, -0.05) is 0 Å². The molecule has 8 heteroatoms. The van der Waals surface area contributed by atoms with Crippen molar-refractivity contribution in [1.29, 1.82) is 0 Å². The summed E-state index contributed by atoms with van der Waals surface area (Å²) in [5, 5.41) is 0.678. The molecule has 1 aromatic carbocycles. The Morgan fingerprint density at radius 2 is 2.00 bits per heavy atom. The molecular formula is C24H28FN3O4. The molecule has 2 aromatic heterocycles. The van der Waals surface area contributed by atoms with E-state index in [4.69, 9.17) is 23.9 Å². The van der Waals surface area contributed by atoms with E-state index in [1.165, 1.54) is 12.3 Å². The number of hydrogen-bond donors (Lipinski definition) is 0. The van der Waals surface area contributed by atoms with E-state index >= 15 is 0 Å². The maximum atomic E-state index is 14.6. The van der Waals surface area contributed by atoms with Gasteiger partial charge >= 0.3 is 0 Å². The van der Waals surface area contributed by atoms with Gasteiger partial charge in [0.05, 0.1) is 25.2 Å². The number of carbonyl (C=O) groups is 1. The van der Waals surface area contributed by atoms with E-state index < -0.39 is 5.82 Å². The van der Waals surface area contributed by atoms with Crippen molar-refractivity contribution in [3.63, 3.8) is 0 Å². The third-order valence-corrected chi connectivity index (χ3v) is 5.92. The Bertz CT molecular complexity index is 1060. The first-order chi connectivity index (χ1) is 15.6. The first-order valence-electron chi connectivity index (χ1n) is 10.8. The van der Waals surface area contributed by atoms with Crippen LogP contribution in [-0.4, -0.2) is 56.8 Å². The molecule has 1 aliphatic rings. The third kappa shape index (κ3) is 4.81. The standard InChI is InChI=1S/C24H28FN3O4/c1-30-14-17(15-31-2)9-20-12-26-22(19-10-18-5-8-32-23(18)21(25)11-19)24(27-20)28-6-3-16(13-29)4-7-28/h5,8,10-13,16-17H,3-4,6-7,9,14-15H2,1-2H3. The Morgan fingerprint density at radius 1 is 1.25 bits per heavy atom. The maximum Gasteiger partial charge on any atom is 0.169 e. The van der Waals surface area contributed by atoms with Crippen molar-refractivity contribution in [3.8, 4) is 11.3 Å². The minimum atomic E-state index is -0.431. The van der Waals surface area contributed by atoms with Crippen LogP contribution in [0.2, 0.25) is 0 Å². The molecule has 0 unspecified atom stereocenters. The number of aldehydes is 1. The van der Waals surface area contributed by atoms with E-state index in [2.05, 4.69) is 4.90 Å². The Morgan fingerprint density at radius 3 is 2.69 bits per heavy atom. The molecule has 0 saturated carbocycles. The molecule has 3 heterocycles. The maximum absolute atomic E-state index is 14.6. The van der Waals surface area contributed by atoms with Crippen molar-refractivity contribution in [3.05, 3.63) is 42.2 Å². The van der Waals surface area contributed by atoms with E-state index in [0.29, 0.717) is 55.2 Å². The molecule has 0 amide bonds. The lowest BCUT2D eigenvalue weighted by atomic mass is 9.98. The lowest BCUT2D eigenvalue weighted by Crippen LogP contribution is -2.35. The summed E-state index contributed by atoms with van der Waals surface area (Å²) in [6.07, 6.45) is 6.43. The van der Waals surface area contributed by atoms with E-state index in [1.54, 1.807) is 26.5 Å². The topological polar surface area (TPSA) is 77.7 Å². The fourth-order valence-corrected chi connectivity index (χ4v) is 4.29. The van der Waals surface area contributed by atoms with Gasteiger partial charge in [-0.25, -0.2) is 9.37 Å². The molecule has 0 aliphatic carbocycles. The molecule has 170 valence electrons. The highest BCUT2D eigenvalue weighted by atomic mass is 19.1. The largest absolute Gasteiger partial charge is 0.461 e. The van der Waals surface area contributed by atoms with Crippen LogP contribution in [0.25, 0.3) is 22.2 Å². The van der Waals surface area contributed by atoms with Crippen molar-refractivity contribution in [1.82, 2.24) is 9.97 Å². The second-order valence-corrected chi connectivity index (χ2v) is 8.27. The highest BCUT2D eigenvalue weighted by molar-refractivity contribution is 5.85. The van der Waals surface area contributed by atoms with Gasteiger partial charge in [0.15, 0.2) is 17.2 Å². The van der Waals surface area contributed by atoms with Gasteiger partial charge in [0.1, 0.15) is 12.0 Å². The van der Waals surface area contributed by atoms with E-state index in [0.717, 1.165) is 24.8 Å². The summed E-state index contributed by atoms with van der Waals surface area (Å²) in [5.74, 6) is 0.499. The zero-order valence-corrected chi connectivity index (χ0v) is 18.4. The molecule has 0 spiro atoms. The number of benzene rings is 1. The van der Waals surface area contributed by atoms with Crippen molar-refractivity contribution in [2.24, 2.45) is 11.8 Å².